The molecule has 0 aromatic carbocycles. The average molecular weight is 550 g/mol. The summed E-state index contributed by atoms with van der Waals surface area (Å²) < 4.78 is 31.5. The van der Waals surface area contributed by atoms with Crippen molar-refractivity contribution < 1.29 is 28.2 Å². The van der Waals surface area contributed by atoms with Crippen molar-refractivity contribution in [3.63, 3.8) is 0 Å². The third kappa shape index (κ3) is 5.40. The van der Waals surface area contributed by atoms with Crippen LogP contribution in [-0.2, 0) is 9.53 Å². The topological polar surface area (TPSA) is 91.8 Å². The molecule has 1 saturated heterocycles. The Bertz CT molecular complexity index is 1050. The van der Waals surface area contributed by atoms with Crippen LogP contribution in [0.25, 0.3) is 0 Å². The number of anilines is 1. The van der Waals surface area contributed by atoms with Gasteiger partial charge in [-0.05, 0) is 87.2 Å². The molecule has 2 heterocycles. The number of carbonyl (C=O) groups excluding carboxylic acids is 1. The molecule has 0 radical (unpaired) electrons. The van der Waals surface area contributed by atoms with Gasteiger partial charge in [0.2, 0.25) is 0 Å². The van der Waals surface area contributed by atoms with Gasteiger partial charge in [-0.1, -0.05) is 12.8 Å². The maximum Gasteiger partial charge on any atom is 0.345 e. The summed E-state index contributed by atoms with van der Waals surface area (Å²) in [5.41, 5.74) is -0.147. The van der Waals surface area contributed by atoms with E-state index in [1.807, 2.05) is 12.1 Å². The minimum atomic E-state index is -2.76. The van der Waals surface area contributed by atoms with Crippen molar-refractivity contribution in [2.24, 2.45) is 23.7 Å². The second kappa shape index (κ2) is 10.6. The number of nitrogens with zero attached hydrogens (tertiary/aromatic N) is 2. The molecule has 6 fully saturated rings. The predicted octanol–water partition coefficient (Wildman–Crippen LogP) is 5.33. The lowest BCUT2D eigenvalue weighted by Crippen LogP contribution is -2.62. The molecule has 5 aliphatic carbocycles. The van der Waals surface area contributed by atoms with Crippen molar-refractivity contribution in [3.05, 3.63) is 17.7 Å². The van der Waals surface area contributed by atoms with E-state index in [0.717, 1.165) is 49.5 Å². The van der Waals surface area contributed by atoms with Crippen LogP contribution in [0, 0.1) is 23.7 Å². The van der Waals surface area contributed by atoms with E-state index >= 15 is 0 Å². The Labute approximate surface area is 226 Å². The van der Waals surface area contributed by atoms with Crippen molar-refractivity contribution in [2.75, 3.05) is 18.0 Å². The van der Waals surface area contributed by atoms with Crippen LogP contribution in [0.1, 0.15) is 81.0 Å². The Balaban J connectivity index is 1.19. The normalized spacial score (nSPS) is 34.4. The molecule has 5 saturated carbocycles. The van der Waals surface area contributed by atoms with E-state index in [1.54, 1.807) is 11.8 Å². The molecule has 38 heavy (non-hydrogen) atoms. The number of rotatable bonds is 9. The Hall–Kier alpha value is -1.94. The number of alkyl halides is 2. The van der Waals surface area contributed by atoms with E-state index in [1.165, 1.54) is 12.8 Å². The molecular weight excluding hydrogens is 512 g/mol. The number of carboxylic acid groups (broad SMARTS) is 1. The van der Waals surface area contributed by atoms with Gasteiger partial charge in [0.1, 0.15) is 10.8 Å². The molecule has 208 valence electrons. The summed E-state index contributed by atoms with van der Waals surface area (Å²) in [7, 11) is 0. The first-order chi connectivity index (χ1) is 18.3. The SMILES string of the molecule is O=C(O)C[C@@H]1CCN(c2ccc(C(=O)NC3C4CC5CC3CC(OC(F)F)(C5)C4)c(SC3CCCC3)n2)C1. The largest absolute Gasteiger partial charge is 0.481 e. The fraction of sp³-hybridized carbons (Fsp3) is 0.750. The minimum absolute atomic E-state index is 0.0205. The Morgan fingerprint density at radius 1 is 1.16 bits per heavy atom. The molecule has 2 unspecified atom stereocenters. The average Bonchev–Trinajstić information content (AvgIpc) is 3.52. The molecule has 1 aromatic heterocycles. The highest BCUT2D eigenvalue weighted by molar-refractivity contribution is 7.99. The number of halogens is 2. The van der Waals surface area contributed by atoms with E-state index in [4.69, 9.17) is 9.72 Å². The molecular formula is C28H37F2N3O4S. The van der Waals surface area contributed by atoms with E-state index < -0.39 is 18.2 Å². The fourth-order valence-electron chi connectivity index (χ4n) is 8.24. The summed E-state index contributed by atoms with van der Waals surface area (Å²) in [6.07, 6.45) is 9.40. The number of carboxylic acids is 1. The molecule has 1 amide bonds. The maximum absolute atomic E-state index is 13.7. The third-order valence-corrected chi connectivity index (χ3v) is 10.9. The van der Waals surface area contributed by atoms with Crippen LogP contribution in [0.4, 0.5) is 14.6 Å². The quantitative estimate of drug-likeness (QED) is 0.430. The highest BCUT2D eigenvalue weighted by Gasteiger charge is 2.57. The second-order valence-corrected chi connectivity index (χ2v) is 13.6. The van der Waals surface area contributed by atoms with E-state index in [0.29, 0.717) is 42.5 Å². The summed E-state index contributed by atoms with van der Waals surface area (Å²) in [4.78, 5) is 32.0. The number of amides is 1. The molecule has 1 aliphatic heterocycles. The van der Waals surface area contributed by atoms with Gasteiger partial charge in [-0.25, -0.2) is 4.98 Å². The van der Waals surface area contributed by atoms with Crippen molar-refractivity contribution >= 4 is 29.5 Å². The van der Waals surface area contributed by atoms with Crippen molar-refractivity contribution in [1.29, 1.82) is 0 Å². The number of thioether (sulfide) groups is 1. The third-order valence-electron chi connectivity index (χ3n) is 9.60. The lowest BCUT2D eigenvalue weighted by Gasteiger charge is -2.59. The Morgan fingerprint density at radius 2 is 1.89 bits per heavy atom. The summed E-state index contributed by atoms with van der Waals surface area (Å²) >= 11 is 1.69. The van der Waals surface area contributed by atoms with Gasteiger partial charge < -0.3 is 20.1 Å². The number of carbonyl (C=O) groups is 2. The van der Waals surface area contributed by atoms with Crippen LogP contribution >= 0.6 is 11.8 Å². The molecule has 10 heteroatoms. The highest BCUT2D eigenvalue weighted by Crippen LogP contribution is 2.57. The van der Waals surface area contributed by atoms with Gasteiger partial charge in [-0.15, -0.1) is 11.8 Å². The van der Waals surface area contributed by atoms with Crippen molar-refractivity contribution in [2.45, 2.75) is 99.2 Å². The van der Waals surface area contributed by atoms with Gasteiger partial charge in [0.05, 0.1) is 11.2 Å². The second-order valence-electron chi connectivity index (χ2n) is 12.3. The molecule has 4 bridgehead atoms. The molecule has 2 N–H and O–H groups in total. The standard InChI is InChI=1S/C28H37F2N3O4S/c29-27(30)37-28-12-17-9-18(13-28)24(19(10-17)14-28)32-25(36)21-5-6-22(31-26(21)38-20-3-1-2-4-20)33-8-7-16(15-33)11-23(34)35/h5-6,16-20,24,27H,1-4,7-15H2,(H,32,36)(H,34,35)/t16-,17?,18?,19?,24?,28?/m0/s1. The van der Waals surface area contributed by atoms with Crippen LogP contribution in [0.2, 0.25) is 0 Å². The Kier molecular flexibility index (Phi) is 7.31. The van der Waals surface area contributed by atoms with Crippen molar-refractivity contribution in [1.82, 2.24) is 10.3 Å². The number of aromatic nitrogens is 1. The van der Waals surface area contributed by atoms with Crippen LogP contribution < -0.4 is 10.2 Å². The molecule has 7 nitrogen and oxygen atoms in total. The zero-order valence-electron chi connectivity index (χ0n) is 21.6. The van der Waals surface area contributed by atoms with Gasteiger partial charge in [0.25, 0.3) is 5.91 Å². The van der Waals surface area contributed by atoms with E-state index in [2.05, 4.69) is 10.2 Å². The predicted molar refractivity (Wildman–Crippen MR) is 140 cm³/mol. The highest BCUT2D eigenvalue weighted by atomic mass is 32.2. The van der Waals surface area contributed by atoms with Crippen LogP contribution in [0.15, 0.2) is 17.2 Å². The number of pyridine rings is 1. The zero-order chi connectivity index (χ0) is 26.4. The van der Waals surface area contributed by atoms with Gasteiger partial charge in [0, 0.05) is 30.8 Å². The first-order valence-electron chi connectivity index (χ1n) is 14.2. The van der Waals surface area contributed by atoms with Gasteiger partial charge in [-0.3, -0.25) is 9.59 Å². The first-order valence-corrected chi connectivity index (χ1v) is 15.1. The lowest BCUT2D eigenvalue weighted by atomic mass is 9.52. The number of nitrogens with one attached hydrogen (secondary N) is 1. The van der Waals surface area contributed by atoms with E-state index in [9.17, 15) is 23.5 Å². The summed E-state index contributed by atoms with van der Waals surface area (Å²) in [6.45, 7) is -1.33. The van der Waals surface area contributed by atoms with E-state index in [-0.39, 0.29) is 36.1 Å². The van der Waals surface area contributed by atoms with Crippen molar-refractivity contribution in [3.8, 4) is 0 Å². The summed E-state index contributed by atoms with van der Waals surface area (Å²) in [6, 6.07) is 3.74. The summed E-state index contributed by atoms with van der Waals surface area (Å²) in [5.74, 6) is 0.741. The first kappa shape index (κ1) is 26.3. The maximum atomic E-state index is 13.7. The smallest absolute Gasteiger partial charge is 0.345 e. The number of aliphatic carboxylic acids is 1. The number of hydrogen-bond acceptors (Lipinski definition) is 6. The molecule has 6 aliphatic rings. The fourth-order valence-corrected chi connectivity index (χ4v) is 9.55. The monoisotopic (exact) mass is 549 g/mol. The number of hydrogen-bond donors (Lipinski definition) is 2. The molecule has 0 spiro atoms. The van der Waals surface area contributed by atoms with Crippen LogP contribution in [0.3, 0.4) is 0 Å². The molecule has 7 rings (SSSR count). The summed E-state index contributed by atoms with van der Waals surface area (Å²) in [5, 5.41) is 13.7. The Morgan fingerprint density at radius 3 is 2.58 bits per heavy atom. The molecule has 3 atom stereocenters. The van der Waals surface area contributed by atoms with Gasteiger partial charge >= 0.3 is 12.6 Å². The zero-order valence-corrected chi connectivity index (χ0v) is 22.4. The van der Waals surface area contributed by atoms with Crippen LogP contribution in [-0.4, -0.2) is 58.6 Å². The van der Waals surface area contributed by atoms with Crippen LogP contribution in [0.5, 0.6) is 0 Å². The van der Waals surface area contributed by atoms with Gasteiger partial charge in [-0.2, -0.15) is 8.78 Å². The molecule has 1 aromatic rings. The lowest BCUT2D eigenvalue weighted by molar-refractivity contribution is -0.260. The van der Waals surface area contributed by atoms with Gasteiger partial charge in [0.15, 0.2) is 0 Å². The minimum Gasteiger partial charge on any atom is -0.481 e. The number of ether oxygens (including phenoxy) is 1.